The highest BCUT2D eigenvalue weighted by molar-refractivity contribution is 9.10. The van der Waals surface area contributed by atoms with Crippen molar-refractivity contribution in [1.29, 1.82) is 0 Å². The number of anilines is 1. The zero-order chi connectivity index (χ0) is 14.0. The molecule has 19 heavy (non-hydrogen) atoms. The summed E-state index contributed by atoms with van der Waals surface area (Å²) in [4.78, 5) is 0. The van der Waals surface area contributed by atoms with Gasteiger partial charge in [0.1, 0.15) is 11.6 Å². The van der Waals surface area contributed by atoms with Gasteiger partial charge < -0.3 is 5.32 Å². The van der Waals surface area contributed by atoms with Crippen molar-refractivity contribution < 1.29 is 8.78 Å². The number of benzene rings is 1. The van der Waals surface area contributed by atoms with Gasteiger partial charge in [0.15, 0.2) is 0 Å². The predicted molar refractivity (Wildman–Crippen MR) is 74.0 cm³/mol. The molecule has 0 aliphatic carbocycles. The van der Waals surface area contributed by atoms with Gasteiger partial charge in [-0.3, -0.25) is 4.68 Å². The Kier molecular flexibility index (Phi) is 4.19. The van der Waals surface area contributed by atoms with E-state index in [0.29, 0.717) is 6.54 Å². The van der Waals surface area contributed by atoms with Crippen LogP contribution in [0.1, 0.15) is 18.3 Å². The van der Waals surface area contributed by atoms with Crippen LogP contribution < -0.4 is 5.32 Å². The minimum atomic E-state index is -0.475. The Bertz CT molecular complexity index is 596. The molecule has 0 bridgehead atoms. The number of hydrogen-bond donors (Lipinski definition) is 1. The van der Waals surface area contributed by atoms with E-state index in [2.05, 4.69) is 26.3 Å². The van der Waals surface area contributed by atoms with E-state index in [4.69, 9.17) is 0 Å². The van der Waals surface area contributed by atoms with Gasteiger partial charge in [0.25, 0.3) is 0 Å². The molecule has 0 unspecified atom stereocenters. The van der Waals surface area contributed by atoms with Crippen LogP contribution in [0.15, 0.2) is 22.7 Å². The van der Waals surface area contributed by atoms with Gasteiger partial charge >= 0.3 is 0 Å². The minimum absolute atomic E-state index is 0.147. The maximum Gasteiger partial charge on any atom is 0.146 e. The summed E-state index contributed by atoms with van der Waals surface area (Å²) in [6, 6.07) is 3.34. The maximum atomic E-state index is 13.5. The molecular formula is C13H14BrF2N3. The van der Waals surface area contributed by atoms with E-state index < -0.39 is 11.6 Å². The van der Waals surface area contributed by atoms with Crippen LogP contribution in [0.25, 0.3) is 0 Å². The predicted octanol–water partition coefficient (Wildman–Crippen LogP) is 3.86. The summed E-state index contributed by atoms with van der Waals surface area (Å²) in [6.45, 7) is 4.96. The molecule has 0 saturated heterocycles. The molecule has 102 valence electrons. The summed E-state index contributed by atoms with van der Waals surface area (Å²) in [5.41, 5.74) is 1.93. The number of nitrogens with one attached hydrogen (secondary N) is 1. The number of aromatic nitrogens is 2. The monoisotopic (exact) mass is 329 g/mol. The number of nitrogens with zero attached hydrogens (tertiary/aromatic N) is 2. The first-order valence-corrected chi connectivity index (χ1v) is 6.73. The molecule has 1 N–H and O–H groups in total. The summed E-state index contributed by atoms with van der Waals surface area (Å²) in [5.74, 6) is -0.944. The van der Waals surface area contributed by atoms with Gasteiger partial charge in [0, 0.05) is 6.54 Å². The van der Waals surface area contributed by atoms with Crippen LogP contribution in [0.2, 0.25) is 0 Å². The molecule has 0 radical (unpaired) electrons. The van der Waals surface area contributed by atoms with Crippen molar-refractivity contribution in [3.05, 3.63) is 45.7 Å². The largest absolute Gasteiger partial charge is 0.377 e. The second-order valence-corrected chi connectivity index (χ2v) is 4.93. The molecule has 1 aromatic carbocycles. The molecule has 0 spiro atoms. The lowest BCUT2D eigenvalue weighted by molar-refractivity contribution is 0.599. The lowest BCUT2D eigenvalue weighted by Crippen LogP contribution is -2.09. The summed E-state index contributed by atoms with van der Waals surface area (Å²) in [6.07, 6.45) is 0. The Hall–Kier alpha value is -1.43. The van der Waals surface area contributed by atoms with Gasteiger partial charge in [0.2, 0.25) is 0 Å². The number of rotatable bonds is 4. The normalized spacial score (nSPS) is 10.8. The fourth-order valence-corrected chi connectivity index (χ4v) is 2.27. The molecular weight excluding hydrogens is 316 g/mol. The molecule has 1 heterocycles. The van der Waals surface area contributed by atoms with Crippen molar-refractivity contribution in [2.75, 3.05) is 5.32 Å². The number of halogens is 3. The van der Waals surface area contributed by atoms with E-state index in [9.17, 15) is 8.78 Å². The second kappa shape index (κ2) is 5.69. The molecule has 1 aromatic heterocycles. The third-order valence-corrected chi connectivity index (χ3v) is 3.86. The van der Waals surface area contributed by atoms with E-state index in [1.807, 2.05) is 18.5 Å². The first kappa shape index (κ1) is 14.0. The summed E-state index contributed by atoms with van der Waals surface area (Å²) < 4.78 is 29.3. The summed E-state index contributed by atoms with van der Waals surface area (Å²) in [5, 5.41) is 7.24. The average molecular weight is 330 g/mol. The molecule has 2 aromatic rings. The Morgan fingerprint density at radius 3 is 2.79 bits per heavy atom. The maximum absolute atomic E-state index is 13.5. The van der Waals surface area contributed by atoms with Gasteiger partial charge in [-0.1, -0.05) is 0 Å². The fraction of sp³-hybridized carbons (Fsp3) is 0.308. The van der Waals surface area contributed by atoms with E-state index in [-0.39, 0.29) is 5.69 Å². The van der Waals surface area contributed by atoms with E-state index in [1.54, 1.807) is 0 Å². The van der Waals surface area contributed by atoms with Crippen LogP contribution in [0.3, 0.4) is 0 Å². The van der Waals surface area contributed by atoms with Crippen molar-refractivity contribution >= 4 is 21.6 Å². The zero-order valence-electron chi connectivity index (χ0n) is 10.7. The lowest BCUT2D eigenvalue weighted by Gasteiger charge is -2.09. The van der Waals surface area contributed by atoms with E-state index >= 15 is 0 Å². The third kappa shape index (κ3) is 2.94. The van der Waals surface area contributed by atoms with Crippen LogP contribution in [-0.4, -0.2) is 9.78 Å². The van der Waals surface area contributed by atoms with Crippen molar-refractivity contribution in [2.24, 2.45) is 0 Å². The van der Waals surface area contributed by atoms with Crippen LogP contribution in [0.5, 0.6) is 0 Å². The molecule has 0 amide bonds. The van der Waals surface area contributed by atoms with Gasteiger partial charge in [-0.25, -0.2) is 8.78 Å². The minimum Gasteiger partial charge on any atom is -0.377 e. The Morgan fingerprint density at radius 1 is 1.37 bits per heavy atom. The molecule has 0 fully saturated rings. The van der Waals surface area contributed by atoms with Crippen molar-refractivity contribution in [2.45, 2.75) is 26.9 Å². The molecule has 2 rings (SSSR count). The van der Waals surface area contributed by atoms with Crippen molar-refractivity contribution in [1.82, 2.24) is 9.78 Å². The van der Waals surface area contributed by atoms with Crippen LogP contribution in [-0.2, 0) is 13.1 Å². The lowest BCUT2D eigenvalue weighted by atomic mass is 10.3. The molecule has 0 atom stereocenters. The highest BCUT2D eigenvalue weighted by Crippen LogP contribution is 2.23. The average Bonchev–Trinajstić information content (AvgIpc) is 2.66. The number of hydrogen-bond acceptors (Lipinski definition) is 2. The molecule has 0 aliphatic rings. The van der Waals surface area contributed by atoms with Gasteiger partial charge in [-0.05, 0) is 48.0 Å². The van der Waals surface area contributed by atoms with E-state index in [1.165, 1.54) is 0 Å². The third-order valence-electron chi connectivity index (χ3n) is 2.83. The highest BCUT2D eigenvalue weighted by atomic mass is 79.9. The van der Waals surface area contributed by atoms with E-state index in [0.717, 1.165) is 40.6 Å². The molecule has 0 aliphatic heterocycles. The van der Waals surface area contributed by atoms with Crippen molar-refractivity contribution in [3.8, 4) is 0 Å². The van der Waals surface area contributed by atoms with Crippen LogP contribution in [0, 0.1) is 18.6 Å². The van der Waals surface area contributed by atoms with Crippen molar-refractivity contribution in [3.63, 3.8) is 0 Å². The van der Waals surface area contributed by atoms with Gasteiger partial charge in [-0.2, -0.15) is 5.10 Å². The quantitative estimate of drug-likeness (QED) is 0.922. The topological polar surface area (TPSA) is 29.9 Å². The molecule has 6 heteroatoms. The van der Waals surface area contributed by atoms with Crippen LogP contribution >= 0.6 is 15.9 Å². The molecule has 3 nitrogen and oxygen atoms in total. The Labute approximate surface area is 118 Å². The summed E-state index contributed by atoms with van der Waals surface area (Å²) >= 11 is 3.46. The van der Waals surface area contributed by atoms with Crippen LogP contribution in [0.4, 0.5) is 14.5 Å². The first-order chi connectivity index (χ1) is 9.02. The first-order valence-electron chi connectivity index (χ1n) is 5.93. The van der Waals surface area contributed by atoms with Gasteiger partial charge in [0.05, 0.1) is 28.1 Å². The van der Waals surface area contributed by atoms with Gasteiger partial charge in [-0.15, -0.1) is 0 Å². The second-order valence-electron chi connectivity index (χ2n) is 4.14. The number of aryl methyl sites for hydroxylation is 2. The standard InChI is InChI=1S/C13H14BrF2N3/c1-3-19-12(13(14)8(2)18-19)7-17-11-6-9(15)4-5-10(11)16/h4-6,17H,3,7H2,1-2H3. The Balaban J connectivity index is 2.21. The fourth-order valence-electron chi connectivity index (χ4n) is 1.85. The zero-order valence-corrected chi connectivity index (χ0v) is 12.3. The molecule has 0 saturated carbocycles. The highest BCUT2D eigenvalue weighted by Gasteiger charge is 2.12. The SMILES string of the molecule is CCn1nc(C)c(Br)c1CNc1cc(F)ccc1F. The summed E-state index contributed by atoms with van der Waals surface area (Å²) in [7, 11) is 0. The smallest absolute Gasteiger partial charge is 0.146 e. The Morgan fingerprint density at radius 2 is 2.11 bits per heavy atom.